The van der Waals surface area contributed by atoms with Crippen molar-refractivity contribution < 1.29 is 9.90 Å². The van der Waals surface area contributed by atoms with Crippen LogP contribution in [-0.2, 0) is 4.79 Å². The molecule has 9 heavy (non-hydrogen) atoms. The fourth-order valence-corrected chi connectivity index (χ4v) is 1.41. The number of hydrogen-bond acceptors (Lipinski definition) is 3. The van der Waals surface area contributed by atoms with E-state index < -0.39 is 5.97 Å². The summed E-state index contributed by atoms with van der Waals surface area (Å²) in [6.07, 6.45) is 4.91. The van der Waals surface area contributed by atoms with Crippen LogP contribution in [0.1, 0.15) is 0 Å². The zero-order chi connectivity index (χ0) is 7.28. The number of hydrogen-bond donors (Lipinski definition) is 1. The molecule has 0 bridgehead atoms. The monoisotopic (exact) mass is 164 g/mol. The van der Waals surface area contributed by atoms with Crippen molar-refractivity contribution in [3.63, 3.8) is 0 Å². The van der Waals surface area contributed by atoms with Gasteiger partial charge in [0.25, 0.3) is 0 Å². The van der Waals surface area contributed by atoms with Gasteiger partial charge in [0.05, 0.1) is 0 Å². The van der Waals surface area contributed by atoms with Crippen molar-refractivity contribution in [1.82, 2.24) is 0 Å². The number of carboxylic acids is 1. The molecular weight excluding hydrogens is 156 g/mol. The summed E-state index contributed by atoms with van der Waals surface area (Å²) in [7, 11) is 0. The predicted octanol–water partition coefficient (Wildman–Crippen LogP) is 1.64. The van der Waals surface area contributed by atoms with Crippen molar-refractivity contribution >= 4 is 29.5 Å². The second-order valence-corrected chi connectivity index (χ2v) is 3.16. The van der Waals surface area contributed by atoms with Gasteiger partial charge in [-0.1, -0.05) is 0 Å². The van der Waals surface area contributed by atoms with Crippen LogP contribution >= 0.6 is 23.5 Å². The summed E-state index contributed by atoms with van der Waals surface area (Å²) >= 11 is 2.88. The van der Waals surface area contributed by atoms with Crippen LogP contribution in [0.3, 0.4) is 0 Å². The Balaban J connectivity index is 3.91. The van der Waals surface area contributed by atoms with Crippen LogP contribution in [0.5, 0.6) is 0 Å². The fourth-order valence-electron chi connectivity index (χ4n) is 0.302. The summed E-state index contributed by atoms with van der Waals surface area (Å²) in [5, 5.41) is 8.24. The summed E-state index contributed by atoms with van der Waals surface area (Å²) in [5.74, 6) is -0.881. The number of aliphatic carboxylic acids is 1. The molecular formula is C5H8O2S2. The third kappa shape index (κ3) is 4.42. The Kier molecular flexibility index (Phi) is 4.71. The molecule has 0 aromatic carbocycles. The highest BCUT2D eigenvalue weighted by atomic mass is 32.2. The number of carboxylic acid groups (broad SMARTS) is 1. The van der Waals surface area contributed by atoms with Crippen LogP contribution in [-0.4, -0.2) is 23.6 Å². The Labute approximate surface area is 62.7 Å². The van der Waals surface area contributed by atoms with Gasteiger partial charge in [-0.3, -0.25) is 0 Å². The highest BCUT2D eigenvalue weighted by Crippen LogP contribution is 2.22. The summed E-state index contributed by atoms with van der Waals surface area (Å²) in [4.78, 5) is 10.0. The van der Waals surface area contributed by atoms with Crippen LogP contribution in [0.2, 0.25) is 0 Å². The van der Waals surface area contributed by atoms with Gasteiger partial charge in [0.1, 0.15) is 0 Å². The third-order valence-corrected chi connectivity index (χ3v) is 2.68. The van der Waals surface area contributed by atoms with Gasteiger partial charge in [0.15, 0.2) is 0 Å². The zero-order valence-electron chi connectivity index (χ0n) is 5.25. The first kappa shape index (κ1) is 8.91. The lowest BCUT2D eigenvalue weighted by Crippen LogP contribution is -1.87. The van der Waals surface area contributed by atoms with Crippen molar-refractivity contribution in [2.75, 3.05) is 12.5 Å². The van der Waals surface area contributed by atoms with Crippen molar-refractivity contribution in [3.05, 3.63) is 10.3 Å². The molecule has 0 aromatic rings. The molecule has 0 aliphatic heterocycles. The van der Waals surface area contributed by atoms with E-state index in [0.717, 1.165) is 4.24 Å². The highest BCUT2D eigenvalue weighted by Gasteiger charge is 1.94. The van der Waals surface area contributed by atoms with Crippen LogP contribution < -0.4 is 0 Å². The Morgan fingerprint density at radius 3 is 2.00 bits per heavy atom. The molecule has 0 spiro atoms. The van der Waals surface area contributed by atoms with Gasteiger partial charge < -0.3 is 5.11 Å². The second kappa shape index (κ2) is 4.76. The van der Waals surface area contributed by atoms with E-state index in [4.69, 9.17) is 5.11 Å². The average molecular weight is 164 g/mol. The van der Waals surface area contributed by atoms with E-state index in [0.29, 0.717) is 0 Å². The molecule has 0 unspecified atom stereocenters. The Hall–Kier alpha value is -0.0900. The van der Waals surface area contributed by atoms with Gasteiger partial charge in [-0.05, 0) is 12.5 Å². The highest BCUT2D eigenvalue weighted by molar-refractivity contribution is 8.21. The Morgan fingerprint density at radius 2 is 1.89 bits per heavy atom. The molecule has 0 saturated heterocycles. The second-order valence-electron chi connectivity index (χ2n) is 1.21. The summed E-state index contributed by atoms with van der Waals surface area (Å²) in [6.45, 7) is 0. The Morgan fingerprint density at radius 1 is 1.44 bits per heavy atom. The maximum atomic E-state index is 10.0. The van der Waals surface area contributed by atoms with Gasteiger partial charge in [-0.15, -0.1) is 23.5 Å². The molecule has 1 N–H and O–H groups in total. The van der Waals surface area contributed by atoms with E-state index in [9.17, 15) is 4.79 Å². The average Bonchev–Trinajstić information content (AvgIpc) is 1.82. The molecule has 0 aliphatic rings. The minimum Gasteiger partial charge on any atom is -0.478 e. The summed E-state index contributed by atoms with van der Waals surface area (Å²) in [6, 6.07) is 0. The minimum atomic E-state index is -0.881. The van der Waals surface area contributed by atoms with Crippen molar-refractivity contribution in [3.8, 4) is 0 Å². The first-order valence-electron chi connectivity index (χ1n) is 2.23. The van der Waals surface area contributed by atoms with E-state index in [1.165, 1.54) is 29.6 Å². The lowest BCUT2D eigenvalue weighted by molar-refractivity contribution is -0.131. The standard InChI is InChI=1S/C5H8O2S2/c1-8-5(9-2)3-4(6)7/h3H,1-2H3,(H,6,7). The third-order valence-electron chi connectivity index (χ3n) is 0.644. The maximum absolute atomic E-state index is 10.0. The van der Waals surface area contributed by atoms with Crippen LogP contribution in [0.25, 0.3) is 0 Å². The van der Waals surface area contributed by atoms with E-state index in [2.05, 4.69) is 0 Å². The van der Waals surface area contributed by atoms with Crippen molar-refractivity contribution in [2.45, 2.75) is 0 Å². The van der Waals surface area contributed by atoms with E-state index in [-0.39, 0.29) is 0 Å². The first-order valence-corrected chi connectivity index (χ1v) is 4.68. The van der Waals surface area contributed by atoms with Gasteiger partial charge >= 0.3 is 5.97 Å². The summed E-state index contributed by atoms with van der Waals surface area (Å²) < 4.78 is 0.822. The lowest BCUT2D eigenvalue weighted by atomic mass is 10.7. The van der Waals surface area contributed by atoms with Crippen LogP contribution in [0.15, 0.2) is 10.3 Å². The molecule has 0 aliphatic carbocycles. The molecule has 0 radical (unpaired) electrons. The summed E-state index contributed by atoms with van der Waals surface area (Å²) in [5.41, 5.74) is 0. The van der Waals surface area contributed by atoms with Crippen LogP contribution in [0, 0.1) is 0 Å². The van der Waals surface area contributed by atoms with E-state index in [1.807, 2.05) is 12.5 Å². The Bertz CT molecular complexity index is 125. The van der Waals surface area contributed by atoms with Gasteiger partial charge in [0, 0.05) is 10.3 Å². The largest absolute Gasteiger partial charge is 0.478 e. The molecule has 0 atom stereocenters. The van der Waals surface area contributed by atoms with Crippen molar-refractivity contribution in [1.29, 1.82) is 0 Å². The van der Waals surface area contributed by atoms with Crippen molar-refractivity contribution in [2.24, 2.45) is 0 Å². The molecule has 0 saturated carbocycles. The molecule has 0 aromatic heterocycles. The fraction of sp³-hybridized carbons (Fsp3) is 0.400. The molecule has 52 valence electrons. The SMILES string of the molecule is CSC(=CC(=O)O)SC. The molecule has 0 heterocycles. The topological polar surface area (TPSA) is 37.3 Å². The predicted molar refractivity (Wildman–Crippen MR) is 42.7 cm³/mol. The smallest absolute Gasteiger partial charge is 0.329 e. The normalized spacial score (nSPS) is 8.67. The quantitative estimate of drug-likeness (QED) is 0.643. The van der Waals surface area contributed by atoms with E-state index in [1.54, 1.807) is 0 Å². The number of thioether (sulfide) groups is 2. The van der Waals surface area contributed by atoms with Crippen LogP contribution in [0.4, 0.5) is 0 Å². The molecule has 0 rings (SSSR count). The number of carbonyl (C=O) groups is 1. The molecule has 0 fully saturated rings. The zero-order valence-corrected chi connectivity index (χ0v) is 6.88. The van der Waals surface area contributed by atoms with Gasteiger partial charge in [-0.25, -0.2) is 4.79 Å². The maximum Gasteiger partial charge on any atom is 0.329 e. The molecule has 2 nitrogen and oxygen atoms in total. The lowest BCUT2D eigenvalue weighted by Gasteiger charge is -1.93. The minimum absolute atomic E-state index is 0.822. The van der Waals surface area contributed by atoms with E-state index >= 15 is 0 Å². The van der Waals surface area contributed by atoms with Gasteiger partial charge in [-0.2, -0.15) is 0 Å². The first-order chi connectivity index (χ1) is 4.20. The molecule has 0 amide bonds. The van der Waals surface area contributed by atoms with Gasteiger partial charge in [0.2, 0.25) is 0 Å². The number of rotatable bonds is 3. The molecule has 4 heteroatoms.